The maximum atomic E-state index is 12.4. The van der Waals surface area contributed by atoms with Gasteiger partial charge in [-0.05, 0) is 24.1 Å². The lowest BCUT2D eigenvalue weighted by molar-refractivity contribution is -0.384. The molecule has 1 unspecified atom stereocenters. The summed E-state index contributed by atoms with van der Waals surface area (Å²) in [4.78, 5) is 34.0. The van der Waals surface area contributed by atoms with Gasteiger partial charge in [-0.2, -0.15) is 0 Å². The lowest BCUT2D eigenvalue weighted by Crippen LogP contribution is -2.42. The average Bonchev–Trinajstić information content (AvgIpc) is 2.54. The number of rotatable bonds is 6. The van der Waals surface area contributed by atoms with Crippen LogP contribution >= 0.6 is 11.6 Å². The Hall–Kier alpha value is -2.93. The number of nitrogens with zero attached hydrogens (tertiary/aromatic N) is 1. The number of aryl methyl sites for hydroxylation is 1. The van der Waals surface area contributed by atoms with Crippen LogP contribution in [0.25, 0.3) is 0 Å². The molecule has 0 aliphatic heterocycles. The van der Waals surface area contributed by atoms with Crippen LogP contribution in [-0.2, 0) is 11.2 Å². The highest BCUT2D eigenvalue weighted by atomic mass is 35.5. The molecule has 0 bridgehead atoms. The van der Waals surface area contributed by atoms with E-state index in [1.165, 1.54) is 24.3 Å². The SMILES string of the molecule is Cc1cccc(Cl)c1C(=O)NC(Cc1ccc([N+](=O)[O-])cc1)C(=O)O. The number of carboxylic acid groups (broad SMARTS) is 1. The number of nitrogens with one attached hydrogen (secondary N) is 1. The van der Waals surface area contributed by atoms with Gasteiger partial charge in [-0.3, -0.25) is 14.9 Å². The predicted molar refractivity (Wildman–Crippen MR) is 91.9 cm³/mol. The minimum absolute atomic E-state index is 0.0113. The van der Waals surface area contributed by atoms with E-state index in [0.29, 0.717) is 11.1 Å². The second kappa shape index (κ2) is 7.76. The van der Waals surface area contributed by atoms with Crippen LogP contribution in [0.2, 0.25) is 5.02 Å². The van der Waals surface area contributed by atoms with Crippen molar-refractivity contribution >= 4 is 29.2 Å². The molecule has 1 atom stereocenters. The van der Waals surface area contributed by atoms with Crippen molar-refractivity contribution < 1.29 is 19.6 Å². The van der Waals surface area contributed by atoms with E-state index < -0.39 is 22.8 Å². The summed E-state index contributed by atoms with van der Waals surface area (Å²) in [6.07, 6.45) is -0.0113. The molecule has 7 nitrogen and oxygen atoms in total. The maximum absolute atomic E-state index is 12.4. The molecule has 130 valence electrons. The van der Waals surface area contributed by atoms with Gasteiger partial charge in [0.15, 0.2) is 0 Å². The summed E-state index contributed by atoms with van der Waals surface area (Å²) in [5, 5.41) is 22.7. The van der Waals surface area contributed by atoms with Crippen LogP contribution in [0.4, 0.5) is 5.69 Å². The van der Waals surface area contributed by atoms with Crippen molar-refractivity contribution in [3.8, 4) is 0 Å². The number of nitro benzene ring substituents is 1. The third kappa shape index (κ3) is 4.54. The summed E-state index contributed by atoms with van der Waals surface area (Å²) >= 11 is 6.02. The van der Waals surface area contributed by atoms with Gasteiger partial charge in [-0.1, -0.05) is 35.9 Å². The molecule has 0 spiro atoms. The third-order valence-corrected chi connectivity index (χ3v) is 3.95. The van der Waals surface area contributed by atoms with Crippen molar-refractivity contribution in [2.45, 2.75) is 19.4 Å². The average molecular weight is 363 g/mol. The van der Waals surface area contributed by atoms with E-state index in [1.54, 1.807) is 25.1 Å². The zero-order valence-electron chi connectivity index (χ0n) is 13.2. The lowest BCUT2D eigenvalue weighted by Gasteiger charge is -2.16. The number of carbonyl (C=O) groups is 2. The monoisotopic (exact) mass is 362 g/mol. The number of benzene rings is 2. The topological polar surface area (TPSA) is 110 Å². The smallest absolute Gasteiger partial charge is 0.326 e. The predicted octanol–water partition coefficient (Wildman–Crippen LogP) is 2.98. The Labute approximate surface area is 148 Å². The summed E-state index contributed by atoms with van der Waals surface area (Å²) in [5.74, 6) is -1.80. The minimum Gasteiger partial charge on any atom is -0.480 e. The van der Waals surface area contributed by atoms with Gasteiger partial charge >= 0.3 is 5.97 Å². The van der Waals surface area contributed by atoms with Crippen LogP contribution in [-0.4, -0.2) is 27.9 Å². The van der Waals surface area contributed by atoms with Gasteiger partial charge in [0.1, 0.15) is 6.04 Å². The van der Waals surface area contributed by atoms with Crippen molar-refractivity contribution in [1.82, 2.24) is 5.32 Å². The van der Waals surface area contributed by atoms with E-state index >= 15 is 0 Å². The van der Waals surface area contributed by atoms with Crippen molar-refractivity contribution in [2.24, 2.45) is 0 Å². The first-order valence-electron chi connectivity index (χ1n) is 7.31. The van der Waals surface area contributed by atoms with Crippen molar-refractivity contribution in [3.05, 3.63) is 74.3 Å². The van der Waals surface area contributed by atoms with E-state index in [-0.39, 0.29) is 22.7 Å². The maximum Gasteiger partial charge on any atom is 0.326 e. The van der Waals surface area contributed by atoms with Crippen LogP contribution in [0.1, 0.15) is 21.5 Å². The molecule has 0 aromatic heterocycles. The van der Waals surface area contributed by atoms with Crippen LogP contribution < -0.4 is 5.32 Å². The number of hydrogen-bond acceptors (Lipinski definition) is 4. The van der Waals surface area contributed by atoms with Gasteiger partial charge in [-0.25, -0.2) is 4.79 Å². The van der Waals surface area contributed by atoms with Crippen LogP contribution in [0.5, 0.6) is 0 Å². The summed E-state index contributed by atoms with van der Waals surface area (Å²) < 4.78 is 0. The molecular weight excluding hydrogens is 348 g/mol. The van der Waals surface area contributed by atoms with E-state index in [9.17, 15) is 24.8 Å². The Morgan fingerprint density at radius 2 is 1.88 bits per heavy atom. The van der Waals surface area contributed by atoms with E-state index in [1.807, 2.05) is 0 Å². The number of nitro groups is 1. The Morgan fingerprint density at radius 1 is 1.24 bits per heavy atom. The van der Waals surface area contributed by atoms with Crippen LogP contribution in [0.15, 0.2) is 42.5 Å². The number of aliphatic carboxylic acids is 1. The summed E-state index contributed by atoms with van der Waals surface area (Å²) in [6.45, 7) is 1.70. The summed E-state index contributed by atoms with van der Waals surface area (Å²) in [5.41, 5.74) is 1.31. The van der Waals surface area contributed by atoms with E-state index in [0.717, 1.165) is 0 Å². The largest absolute Gasteiger partial charge is 0.480 e. The number of hydrogen-bond donors (Lipinski definition) is 2. The molecule has 0 aliphatic rings. The highest BCUT2D eigenvalue weighted by molar-refractivity contribution is 6.34. The Morgan fingerprint density at radius 3 is 2.40 bits per heavy atom. The molecule has 25 heavy (non-hydrogen) atoms. The van der Waals surface area contributed by atoms with Gasteiger partial charge < -0.3 is 10.4 Å². The number of amides is 1. The van der Waals surface area contributed by atoms with Crippen molar-refractivity contribution in [1.29, 1.82) is 0 Å². The van der Waals surface area contributed by atoms with Crippen LogP contribution in [0.3, 0.4) is 0 Å². The van der Waals surface area contributed by atoms with E-state index in [4.69, 9.17) is 11.6 Å². The third-order valence-electron chi connectivity index (χ3n) is 3.64. The second-order valence-electron chi connectivity index (χ2n) is 5.42. The number of halogens is 1. The van der Waals surface area contributed by atoms with Crippen molar-refractivity contribution in [2.75, 3.05) is 0 Å². The molecule has 8 heteroatoms. The Balaban J connectivity index is 2.17. The molecule has 2 aromatic rings. The molecule has 0 saturated heterocycles. The Kier molecular flexibility index (Phi) is 5.71. The molecule has 0 radical (unpaired) electrons. The first kappa shape index (κ1) is 18.4. The van der Waals surface area contributed by atoms with Crippen molar-refractivity contribution in [3.63, 3.8) is 0 Å². The molecule has 0 aliphatic carbocycles. The molecule has 2 N–H and O–H groups in total. The molecule has 2 aromatic carbocycles. The zero-order valence-corrected chi connectivity index (χ0v) is 14.0. The number of carbonyl (C=O) groups excluding carboxylic acids is 1. The lowest BCUT2D eigenvalue weighted by atomic mass is 10.0. The van der Waals surface area contributed by atoms with Gasteiger partial charge in [-0.15, -0.1) is 0 Å². The minimum atomic E-state index is -1.21. The molecule has 1 amide bonds. The Bertz CT molecular complexity index is 800. The molecule has 0 fully saturated rings. The highest BCUT2D eigenvalue weighted by Gasteiger charge is 2.23. The standard InChI is InChI=1S/C17H15ClN2O5/c1-10-3-2-4-13(18)15(10)16(21)19-14(17(22)23)9-11-5-7-12(8-6-11)20(24)25/h2-8,14H,9H2,1H3,(H,19,21)(H,22,23). The molecular formula is C17H15ClN2O5. The summed E-state index contributed by atoms with van der Waals surface area (Å²) in [7, 11) is 0. The molecule has 0 heterocycles. The zero-order chi connectivity index (χ0) is 18.6. The first-order valence-corrected chi connectivity index (χ1v) is 7.69. The van der Waals surface area contributed by atoms with Gasteiger partial charge in [0.05, 0.1) is 15.5 Å². The van der Waals surface area contributed by atoms with Gasteiger partial charge in [0.25, 0.3) is 11.6 Å². The fraction of sp³-hybridized carbons (Fsp3) is 0.176. The fourth-order valence-electron chi connectivity index (χ4n) is 2.34. The fourth-order valence-corrected chi connectivity index (χ4v) is 2.65. The number of non-ortho nitro benzene ring substituents is 1. The first-order chi connectivity index (χ1) is 11.8. The number of carboxylic acids is 1. The van der Waals surface area contributed by atoms with Crippen LogP contribution in [0, 0.1) is 17.0 Å². The van der Waals surface area contributed by atoms with E-state index in [2.05, 4.69) is 5.32 Å². The summed E-state index contributed by atoms with van der Waals surface area (Å²) in [6, 6.07) is 9.25. The van der Waals surface area contributed by atoms with Gasteiger partial charge in [0, 0.05) is 18.6 Å². The molecule has 0 saturated carbocycles. The normalized spacial score (nSPS) is 11.6. The highest BCUT2D eigenvalue weighted by Crippen LogP contribution is 2.20. The van der Waals surface area contributed by atoms with Gasteiger partial charge in [0.2, 0.25) is 0 Å². The molecule has 2 rings (SSSR count). The quantitative estimate of drug-likeness (QED) is 0.606. The second-order valence-corrected chi connectivity index (χ2v) is 5.83.